The molecule has 0 fully saturated rings. The Hall–Kier alpha value is -1.06. The number of aliphatic hydroxyl groups excluding tert-OH is 1. The van der Waals surface area contributed by atoms with E-state index in [1.807, 2.05) is 6.07 Å². The highest BCUT2D eigenvalue weighted by molar-refractivity contribution is 5.18. The van der Waals surface area contributed by atoms with E-state index in [-0.39, 0.29) is 0 Å². The van der Waals surface area contributed by atoms with Crippen molar-refractivity contribution in [2.24, 2.45) is 0 Å². The summed E-state index contributed by atoms with van der Waals surface area (Å²) < 4.78 is 0. The van der Waals surface area contributed by atoms with Crippen LogP contribution in [0.2, 0.25) is 0 Å². The normalized spacial score (nSPS) is 7.80. The Bertz CT molecular complexity index is 150. The number of aliphatic hydroxyl groups is 2. The van der Waals surface area contributed by atoms with Gasteiger partial charge in [0.05, 0.1) is 0 Å². The molecule has 0 radical (unpaired) electrons. The van der Waals surface area contributed by atoms with Gasteiger partial charge in [-0.25, -0.2) is 0 Å². The van der Waals surface area contributed by atoms with Gasteiger partial charge in [-0.1, -0.05) is 18.2 Å². The van der Waals surface area contributed by atoms with Gasteiger partial charge in [-0.2, -0.15) is 0 Å². The summed E-state index contributed by atoms with van der Waals surface area (Å²) in [7, 11) is 0. The minimum atomic E-state index is -0.750. The molecule has 10 heavy (non-hydrogen) atoms. The van der Waals surface area contributed by atoms with Crippen LogP contribution in [0.15, 0.2) is 30.3 Å². The van der Waals surface area contributed by atoms with Gasteiger partial charge in [-0.3, -0.25) is 0 Å². The quantitative estimate of drug-likeness (QED) is 0.457. The first kappa shape index (κ1) is 8.94. The van der Waals surface area contributed by atoms with Crippen molar-refractivity contribution in [1.29, 1.82) is 0 Å². The number of hydrogen-bond donors (Lipinski definition) is 3. The van der Waals surface area contributed by atoms with Crippen LogP contribution in [0.4, 0.5) is 0 Å². The van der Waals surface area contributed by atoms with Crippen molar-refractivity contribution in [3.05, 3.63) is 30.3 Å². The maximum Gasteiger partial charge on any atom is 0.140 e. The minimum absolute atomic E-state index is 0.322. The van der Waals surface area contributed by atoms with Crippen LogP contribution in [0.1, 0.15) is 0 Å². The second kappa shape index (κ2) is 6.07. The van der Waals surface area contributed by atoms with Crippen molar-refractivity contribution in [3.63, 3.8) is 0 Å². The Kier molecular flexibility index (Phi) is 5.42. The summed E-state index contributed by atoms with van der Waals surface area (Å²) in [5.41, 5.74) is 0. The maximum absolute atomic E-state index is 8.63. The molecule has 1 aromatic carbocycles. The van der Waals surface area contributed by atoms with Gasteiger partial charge in [0.2, 0.25) is 0 Å². The molecular formula is C7H10O3. The first-order valence-electron chi connectivity index (χ1n) is 2.77. The zero-order valence-electron chi connectivity index (χ0n) is 5.44. The Morgan fingerprint density at radius 3 is 1.60 bits per heavy atom. The van der Waals surface area contributed by atoms with E-state index in [2.05, 4.69) is 0 Å². The second-order valence-electron chi connectivity index (χ2n) is 1.48. The molecule has 1 rings (SSSR count). The van der Waals surface area contributed by atoms with Crippen molar-refractivity contribution >= 4 is 0 Å². The fourth-order valence-electron chi connectivity index (χ4n) is 0.428. The summed E-state index contributed by atoms with van der Waals surface area (Å²) in [6.45, 7) is -0.750. The molecule has 56 valence electrons. The van der Waals surface area contributed by atoms with Crippen molar-refractivity contribution < 1.29 is 15.3 Å². The van der Waals surface area contributed by atoms with E-state index < -0.39 is 6.79 Å². The molecule has 0 aliphatic carbocycles. The molecule has 0 heterocycles. The monoisotopic (exact) mass is 142 g/mol. The van der Waals surface area contributed by atoms with Crippen molar-refractivity contribution in [1.82, 2.24) is 0 Å². The Morgan fingerprint density at radius 2 is 1.40 bits per heavy atom. The Labute approximate surface area is 59.2 Å². The molecule has 0 saturated carbocycles. The summed E-state index contributed by atoms with van der Waals surface area (Å²) in [4.78, 5) is 0. The van der Waals surface area contributed by atoms with Crippen LogP contribution in [0, 0.1) is 0 Å². The fourth-order valence-corrected chi connectivity index (χ4v) is 0.428. The summed E-state index contributed by atoms with van der Waals surface area (Å²) in [5.74, 6) is 0.322. The van der Waals surface area contributed by atoms with E-state index in [9.17, 15) is 0 Å². The zero-order valence-corrected chi connectivity index (χ0v) is 5.44. The summed E-state index contributed by atoms with van der Waals surface area (Å²) in [6, 6.07) is 8.71. The van der Waals surface area contributed by atoms with Crippen LogP contribution in [-0.2, 0) is 0 Å². The van der Waals surface area contributed by atoms with Crippen LogP contribution >= 0.6 is 0 Å². The molecule has 3 nitrogen and oxygen atoms in total. The van der Waals surface area contributed by atoms with Gasteiger partial charge in [0, 0.05) is 0 Å². The topological polar surface area (TPSA) is 60.7 Å². The van der Waals surface area contributed by atoms with Crippen LogP contribution < -0.4 is 0 Å². The van der Waals surface area contributed by atoms with E-state index in [1.165, 1.54) is 0 Å². The smallest absolute Gasteiger partial charge is 0.140 e. The van der Waals surface area contributed by atoms with E-state index in [1.54, 1.807) is 24.3 Å². The lowest BCUT2D eigenvalue weighted by atomic mass is 10.3. The molecule has 0 aliphatic rings. The summed E-state index contributed by atoms with van der Waals surface area (Å²) in [5, 5.41) is 22.9. The predicted octanol–water partition coefficient (Wildman–Crippen LogP) is 0.321. The first-order valence-corrected chi connectivity index (χ1v) is 2.77. The van der Waals surface area contributed by atoms with E-state index >= 15 is 0 Å². The highest BCUT2D eigenvalue weighted by atomic mass is 16.5. The maximum atomic E-state index is 8.63. The van der Waals surface area contributed by atoms with Gasteiger partial charge >= 0.3 is 0 Å². The lowest BCUT2D eigenvalue weighted by Crippen LogP contribution is -1.66. The largest absolute Gasteiger partial charge is 0.508 e. The van der Waals surface area contributed by atoms with Gasteiger partial charge in [0.15, 0.2) is 0 Å². The average molecular weight is 142 g/mol. The van der Waals surface area contributed by atoms with Gasteiger partial charge in [0.25, 0.3) is 0 Å². The Morgan fingerprint density at radius 1 is 1.00 bits per heavy atom. The van der Waals surface area contributed by atoms with E-state index in [4.69, 9.17) is 15.3 Å². The number of aromatic hydroxyl groups is 1. The molecule has 0 spiro atoms. The lowest BCUT2D eigenvalue weighted by Gasteiger charge is -1.82. The van der Waals surface area contributed by atoms with Crippen LogP contribution in [-0.4, -0.2) is 22.1 Å². The van der Waals surface area contributed by atoms with Crippen LogP contribution in [0.5, 0.6) is 5.75 Å². The molecule has 0 atom stereocenters. The molecular weight excluding hydrogens is 132 g/mol. The number of benzene rings is 1. The molecule has 1 aromatic rings. The third-order valence-corrected chi connectivity index (χ3v) is 0.756. The Balaban J connectivity index is 0.000000236. The van der Waals surface area contributed by atoms with E-state index in [0.717, 1.165) is 0 Å². The third-order valence-electron chi connectivity index (χ3n) is 0.756. The lowest BCUT2D eigenvalue weighted by molar-refractivity contribution is 0.0773. The van der Waals surface area contributed by atoms with Gasteiger partial charge < -0.3 is 15.3 Å². The van der Waals surface area contributed by atoms with Crippen molar-refractivity contribution in [2.45, 2.75) is 0 Å². The van der Waals surface area contributed by atoms with Gasteiger partial charge in [0.1, 0.15) is 12.5 Å². The van der Waals surface area contributed by atoms with Gasteiger partial charge in [-0.15, -0.1) is 0 Å². The second-order valence-corrected chi connectivity index (χ2v) is 1.48. The minimum Gasteiger partial charge on any atom is -0.508 e. The molecule has 3 N–H and O–H groups in total. The molecule has 0 amide bonds. The zero-order chi connectivity index (χ0) is 7.82. The van der Waals surface area contributed by atoms with Gasteiger partial charge in [-0.05, 0) is 12.1 Å². The third kappa shape index (κ3) is 5.08. The standard InChI is InChI=1S/C6H6O.CH4O2/c7-6-4-2-1-3-5-6;2-1-3/h1-5,7H;2-3H,1H2. The summed E-state index contributed by atoms with van der Waals surface area (Å²) >= 11 is 0. The molecule has 0 bridgehead atoms. The highest BCUT2D eigenvalue weighted by Crippen LogP contribution is 2.02. The summed E-state index contributed by atoms with van der Waals surface area (Å²) in [6.07, 6.45) is 0. The number of phenolic OH excluding ortho intramolecular Hbond substituents is 1. The fraction of sp³-hybridized carbons (Fsp3) is 0.143. The molecule has 0 aromatic heterocycles. The highest BCUT2D eigenvalue weighted by Gasteiger charge is 1.74. The van der Waals surface area contributed by atoms with E-state index in [0.29, 0.717) is 5.75 Å². The number of hydrogen-bond acceptors (Lipinski definition) is 3. The molecule has 0 aliphatic heterocycles. The molecule has 0 unspecified atom stereocenters. The molecule has 3 heteroatoms. The van der Waals surface area contributed by atoms with Crippen molar-refractivity contribution in [2.75, 3.05) is 6.79 Å². The van der Waals surface area contributed by atoms with Crippen LogP contribution in [0.25, 0.3) is 0 Å². The SMILES string of the molecule is OCO.Oc1ccccc1. The van der Waals surface area contributed by atoms with Crippen molar-refractivity contribution in [3.8, 4) is 5.75 Å². The number of rotatable bonds is 0. The first-order chi connectivity index (χ1) is 4.81. The predicted molar refractivity (Wildman–Crippen MR) is 37.4 cm³/mol. The molecule has 0 saturated heterocycles. The number of para-hydroxylation sites is 1. The number of phenols is 1. The van der Waals surface area contributed by atoms with Crippen LogP contribution in [0.3, 0.4) is 0 Å². The average Bonchev–Trinajstić information content (AvgIpc) is 1.91.